The zero-order chi connectivity index (χ0) is 36.3. The highest BCUT2D eigenvalue weighted by Crippen LogP contribution is 2.44. The Hall–Kier alpha value is -4.94. The first kappa shape index (κ1) is 35.9. The second-order valence-corrected chi connectivity index (χ2v) is 14.6. The van der Waals surface area contributed by atoms with Crippen molar-refractivity contribution in [2.24, 2.45) is 11.8 Å². The minimum atomic E-state index is -0.825. The average Bonchev–Trinajstić information content (AvgIpc) is 3.90. The molecular weight excluding hydrogens is 650 g/mol. The Morgan fingerprint density at radius 2 is 1.71 bits per heavy atom. The first-order valence-corrected chi connectivity index (χ1v) is 17.5. The molecule has 12 heteroatoms. The Morgan fingerprint density at radius 3 is 2.39 bits per heavy atom. The van der Waals surface area contributed by atoms with Crippen molar-refractivity contribution in [1.29, 1.82) is 0 Å². The number of amides is 3. The largest absolute Gasteiger partial charge is 0.465 e. The van der Waals surface area contributed by atoms with Crippen molar-refractivity contribution in [3.05, 3.63) is 82.9 Å². The van der Waals surface area contributed by atoms with E-state index in [-0.39, 0.29) is 48.4 Å². The van der Waals surface area contributed by atoms with Gasteiger partial charge in [0.05, 0.1) is 18.4 Å². The van der Waals surface area contributed by atoms with Crippen LogP contribution in [0.1, 0.15) is 79.6 Å². The Balaban J connectivity index is 1.12. The molecule has 12 nitrogen and oxygen atoms in total. The second-order valence-electron chi connectivity index (χ2n) is 14.6. The predicted molar refractivity (Wildman–Crippen MR) is 193 cm³/mol. The van der Waals surface area contributed by atoms with Crippen molar-refractivity contribution in [3.63, 3.8) is 0 Å². The highest BCUT2D eigenvalue weighted by atomic mass is 16.6. The molecule has 3 amide bonds. The first-order valence-electron chi connectivity index (χ1n) is 17.5. The lowest BCUT2D eigenvalue weighted by Crippen LogP contribution is -2.48. The van der Waals surface area contributed by atoms with Gasteiger partial charge in [-0.05, 0) is 106 Å². The molecule has 3 aromatic rings. The summed E-state index contributed by atoms with van der Waals surface area (Å²) in [6, 6.07) is 18.1. The molecule has 3 unspecified atom stereocenters. The molecular formula is C39H47N5O7. The number of esters is 1. The molecule has 51 heavy (non-hydrogen) atoms. The lowest BCUT2D eigenvalue weighted by molar-refractivity contribution is -0.130. The Kier molecular flexibility index (Phi) is 10.6. The fourth-order valence-corrected chi connectivity index (χ4v) is 6.79. The lowest BCUT2D eigenvalue weighted by Gasteiger charge is -2.29. The van der Waals surface area contributed by atoms with E-state index < -0.39 is 17.7 Å². The minimum absolute atomic E-state index is 0.00114. The number of benzene rings is 3. The van der Waals surface area contributed by atoms with Crippen molar-refractivity contribution in [3.8, 4) is 11.1 Å². The van der Waals surface area contributed by atoms with E-state index in [1.54, 1.807) is 12.1 Å². The van der Waals surface area contributed by atoms with Crippen LogP contribution >= 0.6 is 0 Å². The molecule has 5 N–H and O–H groups in total. The van der Waals surface area contributed by atoms with Gasteiger partial charge in [-0.1, -0.05) is 36.4 Å². The number of carbonyl (C=O) groups is 4. The van der Waals surface area contributed by atoms with Crippen LogP contribution in [0, 0.1) is 18.8 Å². The first-order chi connectivity index (χ1) is 24.4. The highest BCUT2D eigenvalue weighted by molar-refractivity contribution is 5.98. The van der Waals surface area contributed by atoms with Gasteiger partial charge in [0.2, 0.25) is 11.8 Å². The lowest BCUT2D eigenvalue weighted by atomic mass is 9.81. The Bertz CT molecular complexity index is 1780. The summed E-state index contributed by atoms with van der Waals surface area (Å²) >= 11 is 0. The van der Waals surface area contributed by atoms with E-state index in [0.29, 0.717) is 30.6 Å². The van der Waals surface area contributed by atoms with Crippen molar-refractivity contribution >= 4 is 35.3 Å². The summed E-state index contributed by atoms with van der Waals surface area (Å²) in [4.78, 5) is 51.6. The molecule has 3 aromatic carbocycles. The van der Waals surface area contributed by atoms with Gasteiger partial charge in [0.1, 0.15) is 17.7 Å². The maximum absolute atomic E-state index is 13.8. The number of epoxide rings is 1. The van der Waals surface area contributed by atoms with Crippen LogP contribution in [0.15, 0.2) is 60.7 Å². The van der Waals surface area contributed by atoms with Gasteiger partial charge in [0, 0.05) is 30.1 Å². The molecule has 2 heterocycles. The number of hydrazine groups is 1. The number of aryl methyl sites for hydroxylation is 1. The van der Waals surface area contributed by atoms with Crippen LogP contribution in [0.5, 0.6) is 0 Å². The zero-order valence-corrected chi connectivity index (χ0v) is 29.8. The van der Waals surface area contributed by atoms with Gasteiger partial charge in [0.15, 0.2) is 6.23 Å². The summed E-state index contributed by atoms with van der Waals surface area (Å²) in [7, 11) is 1.36. The minimum Gasteiger partial charge on any atom is -0.465 e. The molecule has 0 spiro atoms. The normalized spacial score (nSPS) is 21.1. The van der Waals surface area contributed by atoms with Gasteiger partial charge in [-0.25, -0.2) is 15.0 Å². The van der Waals surface area contributed by atoms with E-state index in [1.807, 2.05) is 76.2 Å². The smallest absolute Gasteiger partial charge is 0.407 e. The van der Waals surface area contributed by atoms with Gasteiger partial charge in [-0.2, -0.15) is 0 Å². The maximum Gasteiger partial charge on any atom is 0.407 e. The van der Waals surface area contributed by atoms with E-state index in [0.717, 1.165) is 46.3 Å². The SMILES string of the molecule is COC(=O)c1ccc(-c2ccc(CC(NC(=O)C3CCC(CNC(=O)OC(C)(C)C)CC3)C(=O)Nc3ccc4c(c3)NNC3OC43)cc2)c(C)c1. The summed E-state index contributed by atoms with van der Waals surface area (Å²) in [5, 5.41) is 8.93. The van der Waals surface area contributed by atoms with E-state index in [2.05, 4.69) is 26.8 Å². The number of nitrogens with one attached hydrogen (secondary N) is 5. The molecule has 0 radical (unpaired) electrons. The molecule has 0 aromatic heterocycles. The number of fused-ring (bicyclic) bond motifs is 3. The molecule has 1 saturated carbocycles. The summed E-state index contributed by atoms with van der Waals surface area (Å²) in [6.07, 6.45) is 2.71. The van der Waals surface area contributed by atoms with Gasteiger partial charge in [-0.3, -0.25) is 9.59 Å². The number of ether oxygens (including phenoxy) is 3. The second kappa shape index (κ2) is 15.1. The molecule has 0 bridgehead atoms. The molecule has 1 saturated heterocycles. The molecule has 3 atom stereocenters. The monoisotopic (exact) mass is 697 g/mol. The maximum atomic E-state index is 13.8. The summed E-state index contributed by atoms with van der Waals surface area (Å²) in [5.41, 5.74) is 12.3. The fourth-order valence-electron chi connectivity index (χ4n) is 6.79. The number of hydrogen-bond donors (Lipinski definition) is 5. The highest BCUT2D eigenvalue weighted by Gasteiger charge is 2.44. The zero-order valence-electron chi connectivity index (χ0n) is 29.8. The van der Waals surface area contributed by atoms with Crippen molar-refractivity contribution in [2.75, 3.05) is 24.4 Å². The molecule has 6 rings (SSSR count). The van der Waals surface area contributed by atoms with Crippen LogP contribution in [-0.2, 0) is 30.2 Å². The van der Waals surface area contributed by atoms with Crippen LogP contribution < -0.4 is 26.8 Å². The van der Waals surface area contributed by atoms with E-state index in [4.69, 9.17) is 14.2 Å². The molecule has 3 aliphatic rings. The van der Waals surface area contributed by atoms with E-state index in [9.17, 15) is 19.2 Å². The predicted octanol–water partition coefficient (Wildman–Crippen LogP) is 5.77. The number of alkyl carbamates (subject to hydrolysis) is 1. The van der Waals surface area contributed by atoms with Crippen LogP contribution in [0.2, 0.25) is 0 Å². The van der Waals surface area contributed by atoms with Gasteiger partial charge >= 0.3 is 12.1 Å². The average molecular weight is 698 g/mol. The quantitative estimate of drug-likeness (QED) is 0.131. The van der Waals surface area contributed by atoms with Gasteiger partial charge in [0.25, 0.3) is 0 Å². The van der Waals surface area contributed by atoms with Gasteiger partial charge in [-0.15, -0.1) is 0 Å². The topological polar surface area (TPSA) is 159 Å². The summed E-state index contributed by atoms with van der Waals surface area (Å²) < 4.78 is 15.8. The summed E-state index contributed by atoms with van der Waals surface area (Å²) in [6.45, 7) is 7.92. The van der Waals surface area contributed by atoms with Crippen molar-refractivity contribution < 1.29 is 33.4 Å². The van der Waals surface area contributed by atoms with Crippen molar-refractivity contribution in [1.82, 2.24) is 16.1 Å². The number of anilines is 2. The van der Waals surface area contributed by atoms with Crippen LogP contribution in [0.25, 0.3) is 11.1 Å². The fraction of sp³-hybridized carbons (Fsp3) is 0.436. The van der Waals surface area contributed by atoms with Gasteiger partial charge < -0.3 is 35.6 Å². The van der Waals surface area contributed by atoms with Crippen LogP contribution in [0.4, 0.5) is 16.2 Å². The summed E-state index contributed by atoms with van der Waals surface area (Å²) in [5.74, 6) is -0.839. The number of rotatable bonds is 10. The molecule has 2 fully saturated rings. The van der Waals surface area contributed by atoms with E-state index >= 15 is 0 Å². The molecule has 2 aliphatic heterocycles. The number of hydrogen-bond acceptors (Lipinski definition) is 9. The number of carbonyl (C=O) groups excluding carboxylic acids is 4. The van der Waals surface area contributed by atoms with Crippen molar-refractivity contribution in [2.45, 2.75) is 83.8 Å². The van der Waals surface area contributed by atoms with Crippen LogP contribution in [-0.4, -0.2) is 55.4 Å². The third-order valence-corrected chi connectivity index (χ3v) is 9.60. The Morgan fingerprint density at radius 1 is 0.961 bits per heavy atom. The molecule has 270 valence electrons. The number of methoxy groups -OCH3 is 1. The Labute approximate surface area is 298 Å². The third kappa shape index (κ3) is 9.05. The standard InChI is InChI=1S/C39H47N5O7/c1-22-18-27(37(47)49-5)14-16-29(22)25-10-6-23(7-11-25)19-32(35(46)41-28-15-17-30-31(20-28)43-44-36-33(30)50-36)42-34(45)26-12-8-24(9-13-26)21-40-38(48)51-39(2,3)4/h6-7,10-11,14-18,20,24,26,32-33,36,43-44H,8-9,12-13,19,21H2,1-5H3,(H,40,48)(H,41,46)(H,42,45). The van der Waals surface area contributed by atoms with E-state index in [1.165, 1.54) is 7.11 Å². The van der Waals surface area contributed by atoms with Crippen LogP contribution in [0.3, 0.4) is 0 Å². The molecule has 1 aliphatic carbocycles. The third-order valence-electron chi connectivity index (χ3n) is 9.60.